The number of hydrogen-bond donors (Lipinski definition) is 1. The van der Waals surface area contributed by atoms with Gasteiger partial charge in [0, 0.05) is 12.6 Å². The first kappa shape index (κ1) is 15.9. The van der Waals surface area contributed by atoms with Crippen molar-refractivity contribution in [1.82, 2.24) is 4.72 Å². The summed E-state index contributed by atoms with van der Waals surface area (Å²) in [7, 11) is -3.75. The monoisotopic (exact) mass is 306 g/mol. The van der Waals surface area contributed by atoms with Crippen LogP contribution < -0.4 is 4.72 Å². The number of rotatable bonds is 6. The van der Waals surface area contributed by atoms with E-state index in [1.807, 2.05) is 13.8 Å². The molecule has 1 N–H and O–H groups in total. The molecule has 0 spiro atoms. The van der Waals surface area contributed by atoms with Crippen molar-refractivity contribution in [2.24, 2.45) is 5.92 Å². The van der Waals surface area contributed by atoms with Crippen LogP contribution >= 0.6 is 11.6 Å². The Kier molecular flexibility index (Phi) is 5.28. The first-order valence-corrected chi connectivity index (χ1v) is 7.57. The van der Waals surface area contributed by atoms with Gasteiger partial charge in [-0.05, 0) is 18.1 Å². The number of nitrogens with one attached hydrogen (secondary N) is 1. The molecule has 0 aromatic heterocycles. The zero-order chi connectivity index (χ0) is 14.6. The highest BCUT2D eigenvalue weighted by atomic mass is 35.5. The summed E-state index contributed by atoms with van der Waals surface area (Å²) < 4.78 is 26.3. The molecular formula is C11H15ClN2O4S. The smallest absolute Gasteiger partial charge is 0.258 e. The number of benzene rings is 1. The van der Waals surface area contributed by atoms with E-state index in [0.29, 0.717) is 0 Å². The summed E-state index contributed by atoms with van der Waals surface area (Å²) in [6.07, 6.45) is 0.837. The fourth-order valence-corrected chi connectivity index (χ4v) is 2.65. The van der Waals surface area contributed by atoms with Gasteiger partial charge in [-0.15, -0.1) is 0 Å². The number of nitro groups is 1. The molecule has 0 amide bonds. The quantitative estimate of drug-likeness (QED) is 0.646. The van der Waals surface area contributed by atoms with Crippen molar-refractivity contribution in [2.75, 3.05) is 6.54 Å². The zero-order valence-electron chi connectivity index (χ0n) is 10.6. The summed E-state index contributed by atoms with van der Waals surface area (Å²) in [6.45, 7) is 4.15. The number of halogens is 1. The van der Waals surface area contributed by atoms with Gasteiger partial charge in [0.25, 0.3) is 5.69 Å². The fraction of sp³-hybridized carbons (Fsp3) is 0.455. The minimum Gasteiger partial charge on any atom is -0.258 e. The number of nitro benzene ring substituents is 1. The molecule has 6 nitrogen and oxygen atoms in total. The van der Waals surface area contributed by atoms with Crippen molar-refractivity contribution < 1.29 is 13.3 Å². The van der Waals surface area contributed by atoms with Crippen LogP contribution in [0.15, 0.2) is 23.1 Å². The van der Waals surface area contributed by atoms with Gasteiger partial charge in [0.1, 0.15) is 5.02 Å². The summed E-state index contributed by atoms with van der Waals surface area (Å²) in [5, 5.41) is 10.6. The van der Waals surface area contributed by atoms with E-state index < -0.39 is 20.6 Å². The van der Waals surface area contributed by atoms with E-state index in [1.54, 1.807) is 0 Å². The fourth-order valence-electron chi connectivity index (χ4n) is 1.28. The van der Waals surface area contributed by atoms with E-state index in [4.69, 9.17) is 11.6 Å². The van der Waals surface area contributed by atoms with Crippen LogP contribution in [0.3, 0.4) is 0 Å². The average molecular weight is 307 g/mol. The number of sulfonamides is 1. The molecule has 8 heteroatoms. The Morgan fingerprint density at radius 3 is 2.63 bits per heavy atom. The van der Waals surface area contributed by atoms with Crippen molar-refractivity contribution in [3.05, 3.63) is 33.3 Å². The molecule has 0 saturated heterocycles. The second kappa shape index (κ2) is 6.31. The molecule has 1 aromatic rings. The lowest BCUT2D eigenvalue weighted by atomic mass is 10.1. The van der Waals surface area contributed by atoms with Crippen LogP contribution in [0.5, 0.6) is 0 Å². The molecule has 0 aliphatic rings. The summed E-state index contributed by atoms with van der Waals surface area (Å²) in [4.78, 5) is 9.85. The number of hydrogen-bond acceptors (Lipinski definition) is 4. The highest BCUT2D eigenvalue weighted by molar-refractivity contribution is 7.89. The first-order valence-electron chi connectivity index (χ1n) is 5.71. The zero-order valence-corrected chi connectivity index (χ0v) is 12.2. The van der Waals surface area contributed by atoms with Crippen LogP contribution in [0.25, 0.3) is 0 Å². The lowest BCUT2D eigenvalue weighted by Gasteiger charge is -2.10. The summed E-state index contributed by atoms with van der Waals surface area (Å²) in [6, 6.07) is 3.41. The molecule has 1 unspecified atom stereocenters. The third kappa shape index (κ3) is 4.15. The first-order chi connectivity index (χ1) is 8.77. The molecule has 0 fully saturated rings. The van der Waals surface area contributed by atoms with Crippen molar-refractivity contribution in [2.45, 2.75) is 25.2 Å². The van der Waals surface area contributed by atoms with E-state index >= 15 is 0 Å². The van der Waals surface area contributed by atoms with Gasteiger partial charge < -0.3 is 0 Å². The van der Waals surface area contributed by atoms with E-state index in [9.17, 15) is 18.5 Å². The van der Waals surface area contributed by atoms with Gasteiger partial charge in [0.05, 0.1) is 9.82 Å². The molecule has 0 bridgehead atoms. The Morgan fingerprint density at radius 2 is 2.11 bits per heavy atom. The highest BCUT2D eigenvalue weighted by Crippen LogP contribution is 2.26. The predicted molar refractivity (Wildman–Crippen MR) is 72.7 cm³/mol. The van der Waals surface area contributed by atoms with Crippen LogP contribution in [-0.2, 0) is 10.0 Å². The van der Waals surface area contributed by atoms with Gasteiger partial charge >= 0.3 is 0 Å². The number of nitrogens with zero attached hydrogens (tertiary/aromatic N) is 1. The summed E-state index contributed by atoms with van der Waals surface area (Å²) in [5.41, 5.74) is -0.423. The Labute approximate surface area is 117 Å². The lowest BCUT2D eigenvalue weighted by molar-refractivity contribution is -0.384. The van der Waals surface area contributed by atoms with Gasteiger partial charge in [0.15, 0.2) is 0 Å². The highest BCUT2D eigenvalue weighted by Gasteiger charge is 2.20. The van der Waals surface area contributed by atoms with Crippen molar-refractivity contribution in [1.29, 1.82) is 0 Å². The molecule has 0 radical (unpaired) electrons. The van der Waals surface area contributed by atoms with Gasteiger partial charge in [0.2, 0.25) is 10.0 Å². The van der Waals surface area contributed by atoms with Gasteiger partial charge in [-0.1, -0.05) is 31.9 Å². The second-order valence-corrected chi connectivity index (χ2v) is 6.41. The Morgan fingerprint density at radius 1 is 1.47 bits per heavy atom. The topological polar surface area (TPSA) is 89.3 Å². The van der Waals surface area contributed by atoms with Crippen LogP contribution in [0.1, 0.15) is 20.3 Å². The van der Waals surface area contributed by atoms with Crippen LogP contribution in [0.2, 0.25) is 5.02 Å². The van der Waals surface area contributed by atoms with Crippen molar-refractivity contribution in [3.63, 3.8) is 0 Å². The minimum atomic E-state index is -3.75. The Bertz CT molecular complexity index is 574. The lowest BCUT2D eigenvalue weighted by Crippen LogP contribution is -2.28. The van der Waals surface area contributed by atoms with Crippen LogP contribution in [-0.4, -0.2) is 19.9 Å². The van der Waals surface area contributed by atoms with Crippen molar-refractivity contribution in [3.8, 4) is 0 Å². The molecule has 1 rings (SSSR count). The normalized spacial score (nSPS) is 13.2. The molecule has 0 aliphatic carbocycles. The van der Waals surface area contributed by atoms with Gasteiger partial charge in [-0.2, -0.15) is 0 Å². The maximum atomic E-state index is 12.0. The summed E-state index contributed by atoms with van der Waals surface area (Å²) in [5.74, 6) is 0.192. The van der Waals surface area contributed by atoms with E-state index in [-0.39, 0.29) is 22.4 Å². The third-order valence-corrected chi connectivity index (χ3v) is 4.48. The standard InChI is InChI=1S/C11H15ClN2O4S/c1-3-8(2)7-13-19(17,18)9-4-5-10(12)11(6-9)14(15)16/h4-6,8,13H,3,7H2,1-2H3. The molecular weight excluding hydrogens is 292 g/mol. The molecule has 1 atom stereocenters. The van der Waals surface area contributed by atoms with E-state index in [2.05, 4.69) is 4.72 Å². The van der Waals surface area contributed by atoms with Crippen LogP contribution in [0, 0.1) is 16.0 Å². The SMILES string of the molecule is CCC(C)CNS(=O)(=O)c1ccc(Cl)c([N+](=O)[O-])c1. The molecule has 0 saturated carbocycles. The van der Waals surface area contributed by atoms with Crippen molar-refractivity contribution >= 4 is 27.3 Å². The average Bonchev–Trinajstić information content (AvgIpc) is 2.35. The second-order valence-electron chi connectivity index (χ2n) is 4.24. The molecule has 19 heavy (non-hydrogen) atoms. The molecule has 0 heterocycles. The van der Waals surface area contributed by atoms with E-state index in [0.717, 1.165) is 12.5 Å². The summed E-state index contributed by atoms with van der Waals surface area (Å²) >= 11 is 5.63. The maximum absolute atomic E-state index is 12.0. The van der Waals surface area contributed by atoms with Gasteiger partial charge in [-0.3, -0.25) is 10.1 Å². The molecule has 1 aromatic carbocycles. The van der Waals surface area contributed by atoms with Gasteiger partial charge in [-0.25, -0.2) is 13.1 Å². The Hall–Kier alpha value is -1.18. The molecule has 0 aliphatic heterocycles. The van der Waals surface area contributed by atoms with E-state index in [1.165, 1.54) is 12.1 Å². The maximum Gasteiger partial charge on any atom is 0.289 e. The predicted octanol–water partition coefficient (Wildman–Crippen LogP) is 2.57. The Balaban J connectivity index is 3.02. The molecule has 106 valence electrons. The largest absolute Gasteiger partial charge is 0.289 e. The van der Waals surface area contributed by atoms with Crippen LogP contribution in [0.4, 0.5) is 5.69 Å². The minimum absolute atomic E-state index is 0.0918. The third-order valence-electron chi connectivity index (χ3n) is 2.74.